The Labute approximate surface area is 176 Å². The molecule has 164 valence electrons. The van der Waals surface area contributed by atoms with Crippen LogP contribution in [0.5, 0.6) is 0 Å². The molecule has 0 radical (unpaired) electrons. The third-order valence-electron chi connectivity index (χ3n) is 6.44. The van der Waals surface area contributed by atoms with Crippen molar-refractivity contribution in [3.8, 4) is 0 Å². The topological polar surface area (TPSA) is 108 Å². The summed E-state index contributed by atoms with van der Waals surface area (Å²) in [6.07, 6.45) is 2.89. The van der Waals surface area contributed by atoms with E-state index >= 15 is 0 Å². The van der Waals surface area contributed by atoms with Crippen molar-refractivity contribution in [3.05, 3.63) is 33.4 Å². The monoisotopic (exact) mass is 435 g/mol. The molecule has 0 spiro atoms. The predicted octanol–water partition coefficient (Wildman–Crippen LogP) is 0.676. The lowest BCUT2D eigenvalue weighted by molar-refractivity contribution is -0.133. The molecule has 2 aliphatic heterocycles. The van der Waals surface area contributed by atoms with E-state index in [2.05, 4.69) is 10.1 Å². The first kappa shape index (κ1) is 21.0. The van der Waals surface area contributed by atoms with Gasteiger partial charge in [-0.2, -0.15) is 0 Å². The van der Waals surface area contributed by atoms with Crippen LogP contribution in [0.4, 0.5) is 0 Å². The Morgan fingerprint density at radius 2 is 2.13 bits per heavy atom. The Balaban J connectivity index is 1.54. The standard InChI is InChI=1S/C20H29N5O4S/c1-4-15-13(2)21-18-10-16(22-25(18)20(15)27)17-6-5-8-24(17)19(26)11-23(3)14-7-9-30(28,29)12-14/h10,14,17,22H,4-9,11-12H2,1-3H3. The molecule has 2 aromatic rings. The van der Waals surface area contributed by atoms with Crippen LogP contribution in [0.15, 0.2) is 10.9 Å². The van der Waals surface area contributed by atoms with Gasteiger partial charge >= 0.3 is 0 Å². The Hall–Kier alpha value is -2.20. The smallest absolute Gasteiger partial charge is 0.276 e. The second kappa shape index (κ2) is 7.81. The van der Waals surface area contributed by atoms with Crippen molar-refractivity contribution >= 4 is 21.4 Å². The van der Waals surface area contributed by atoms with Gasteiger partial charge in [-0.15, -0.1) is 0 Å². The van der Waals surface area contributed by atoms with Gasteiger partial charge in [0.2, 0.25) is 5.91 Å². The highest BCUT2D eigenvalue weighted by atomic mass is 32.2. The number of likely N-dealkylation sites (N-methyl/N-ethyl adjacent to an activating group) is 1. The summed E-state index contributed by atoms with van der Waals surface area (Å²) in [5.74, 6) is 0.294. The number of hydrogen-bond acceptors (Lipinski definition) is 6. The number of sulfone groups is 1. The maximum absolute atomic E-state index is 13.0. The predicted molar refractivity (Wildman–Crippen MR) is 113 cm³/mol. The molecule has 2 aliphatic rings. The number of amides is 1. The van der Waals surface area contributed by atoms with E-state index in [9.17, 15) is 18.0 Å². The number of aromatic amines is 1. The van der Waals surface area contributed by atoms with Crippen LogP contribution in [0.2, 0.25) is 0 Å². The molecule has 0 saturated carbocycles. The van der Waals surface area contributed by atoms with E-state index < -0.39 is 9.84 Å². The Morgan fingerprint density at radius 3 is 2.80 bits per heavy atom. The molecule has 2 saturated heterocycles. The molecule has 4 heterocycles. The van der Waals surface area contributed by atoms with Gasteiger partial charge in [-0.25, -0.2) is 17.9 Å². The SMILES string of the molecule is CCc1c(C)nc2cc(C3CCCN3C(=O)CN(C)C3CCS(=O)(=O)C3)[nH]n2c1=O. The number of nitrogens with one attached hydrogen (secondary N) is 1. The summed E-state index contributed by atoms with van der Waals surface area (Å²) in [6.45, 7) is 4.62. The van der Waals surface area contributed by atoms with Crippen LogP contribution in [-0.4, -0.2) is 76.4 Å². The second-order valence-electron chi connectivity index (χ2n) is 8.46. The highest BCUT2D eigenvalue weighted by Crippen LogP contribution is 2.31. The van der Waals surface area contributed by atoms with Gasteiger partial charge in [-0.05, 0) is 39.7 Å². The van der Waals surface area contributed by atoms with E-state index in [0.717, 1.165) is 24.2 Å². The van der Waals surface area contributed by atoms with Crippen LogP contribution >= 0.6 is 0 Å². The minimum Gasteiger partial charge on any atom is -0.333 e. The van der Waals surface area contributed by atoms with Crippen molar-refractivity contribution in [1.82, 2.24) is 24.4 Å². The summed E-state index contributed by atoms with van der Waals surface area (Å²) in [5, 5.41) is 3.17. The number of likely N-dealkylation sites (tertiary alicyclic amines) is 1. The number of hydrogen-bond donors (Lipinski definition) is 1. The van der Waals surface area contributed by atoms with Gasteiger partial charge in [-0.3, -0.25) is 19.6 Å². The fraction of sp³-hybridized carbons (Fsp3) is 0.650. The molecule has 1 amide bonds. The Morgan fingerprint density at radius 1 is 1.37 bits per heavy atom. The number of H-pyrrole nitrogens is 1. The summed E-state index contributed by atoms with van der Waals surface area (Å²) in [5.41, 5.74) is 2.71. The zero-order valence-corrected chi connectivity index (χ0v) is 18.5. The Bertz CT molecular complexity index is 1140. The lowest BCUT2D eigenvalue weighted by atomic mass is 10.1. The fourth-order valence-electron chi connectivity index (χ4n) is 4.71. The average Bonchev–Trinajstić information content (AvgIpc) is 3.39. The van der Waals surface area contributed by atoms with E-state index in [1.807, 2.05) is 36.8 Å². The molecule has 10 heteroatoms. The molecule has 9 nitrogen and oxygen atoms in total. The molecule has 0 aromatic carbocycles. The highest BCUT2D eigenvalue weighted by molar-refractivity contribution is 7.91. The van der Waals surface area contributed by atoms with Gasteiger partial charge in [0, 0.05) is 29.9 Å². The maximum atomic E-state index is 13.0. The minimum absolute atomic E-state index is 0.0197. The van der Waals surface area contributed by atoms with Crippen molar-refractivity contribution in [2.24, 2.45) is 0 Å². The first-order valence-corrected chi connectivity index (χ1v) is 12.3. The summed E-state index contributed by atoms with van der Waals surface area (Å²) in [4.78, 5) is 34.0. The highest BCUT2D eigenvalue weighted by Gasteiger charge is 2.35. The quantitative estimate of drug-likeness (QED) is 0.740. The summed E-state index contributed by atoms with van der Waals surface area (Å²) < 4.78 is 25.0. The molecule has 30 heavy (non-hydrogen) atoms. The zero-order chi connectivity index (χ0) is 21.6. The summed E-state index contributed by atoms with van der Waals surface area (Å²) >= 11 is 0. The average molecular weight is 436 g/mol. The molecular formula is C20H29N5O4S. The van der Waals surface area contributed by atoms with Crippen molar-refractivity contribution in [3.63, 3.8) is 0 Å². The number of fused-ring (bicyclic) bond motifs is 1. The zero-order valence-electron chi connectivity index (χ0n) is 17.7. The van der Waals surface area contributed by atoms with Crippen molar-refractivity contribution in [2.75, 3.05) is 31.6 Å². The second-order valence-corrected chi connectivity index (χ2v) is 10.7. The van der Waals surface area contributed by atoms with E-state index in [1.165, 1.54) is 4.52 Å². The third-order valence-corrected chi connectivity index (χ3v) is 8.19. The fourth-order valence-corrected chi connectivity index (χ4v) is 6.52. The van der Waals surface area contributed by atoms with Crippen LogP contribution < -0.4 is 5.56 Å². The van der Waals surface area contributed by atoms with Crippen molar-refractivity contribution in [1.29, 1.82) is 0 Å². The number of aryl methyl sites for hydroxylation is 1. The molecular weight excluding hydrogens is 406 g/mol. The van der Waals surface area contributed by atoms with E-state index in [4.69, 9.17) is 0 Å². The largest absolute Gasteiger partial charge is 0.333 e. The number of carbonyl (C=O) groups is 1. The first-order chi connectivity index (χ1) is 14.2. The molecule has 4 rings (SSSR count). The number of carbonyl (C=O) groups excluding carboxylic acids is 1. The van der Waals surface area contributed by atoms with Gasteiger partial charge < -0.3 is 4.90 Å². The Kier molecular flexibility index (Phi) is 5.48. The van der Waals surface area contributed by atoms with Crippen molar-refractivity contribution in [2.45, 2.75) is 51.6 Å². The molecule has 0 bridgehead atoms. The number of nitrogens with zero attached hydrogens (tertiary/aromatic N) is 4. The normalized spacial score (nSPS) is 23.7. The number of rotatable bonds is 5. The lowest BCUT2D eigenvalue weighted by Gasteiger charge is -2.28. The molecule has 2 unspecified atom stereocenters. The van der Waals surface area contributed by atoms with E-state index in [1.54, 1.807) is 0 Å². The molecule has 2 fully saturated rings. The van der Waals surface area contributed by atoms with Crippen LogP contribution in [-0.2, 0) is 21.1 Å². The van der Waals surface area contributed by atoms with Gasteiger partial charge in [0.1, 0.15) is 0 Å². The summed E-state index contributed by atoms with van der Waals surface area (Å²) in [7, 11) is -1.17. The third kappa shape index (κ3) is 3.78. The van der Waals surface area contributed by atoms with Gasteiger partial charge in [0.05, 0.1) is 29.8 Å². The molecule has 1 N–H and O–H groups in total. The van der Waals surface area contributed by atoms with Crippen LogP contribution in [0, 0.1) is 6.92 Å². The minimum atomic E-state index is -2.99. The lowest BCUT2D eigenvalue weighted by Crippen LogP contribution is -2.43. The molecule has 2 aromatic heterocycles. The van der Waals surface area contributed by atoms with E-state index in [0.29, 0.717) is 30.6 Å². The number of aromatic nitrogens is 3. The van der Waals surface area contributed by atoms with Crippen LogP contribution in [0.25, 0.3) is 5.65 Å². The van der Waals surface area contributed by atoms with Gasteiger partial charge in [-0.1, -0.05) is 6.92 Å². The maximum Gasteiger partial charge on any atom is 0.276 e. The summed E-state index contributed by atoms with van der Waals surface area (Å²) in [6, 6.07) is 1.62. The first-order valence-electron chi connectivity index (χ1n) is 10.5. The van der Waals surface area contributed by atoms with Gasteiger partial charge in [0.15, 0.2) is 15.5 Å². The molecule has 0 aliphatic carbocycles. The molecule has 2 atom stereocenters. The van der Waals surface area contributed by atoms with E-state index in [-0.39, 0.29) is 41.6 Å². The van der Waals surface area contributed by atoms with Crippen molar-refractivity contribution < 1.29 is 13.2 Å². The van der Waals surface area contributed by atoms with Crippen LogP contribution in [0.3, 0.4) is 0 Å². The van der Waals surface area contributed by atoms with Crippen LogP contribution in [0.1, 0.15) is 49.2 Å². The van der Waals surface area contributed by atoms with Gasteiger partial charge in [0.25, 0.3) is 5.56 Å².